The van der Waals surface area contributed by atoms with E-state index in [2.05, 4.69) is 19.9 Å². The Balaban J connectivity index is 0.000000171. The van der Waals surface area contributed by atoms with Crippen LogP contribution in [-0.2, 0) is 0 Å². The quantitative estimate of drug-likeness (QED) is 0.309. The Morgan fingerprint density at radius 2 is 1.07 bits per heavy atom. The maximum absolute atomic E-state index is 10.6. The molecule has 0 N–H and O–H groups in total. The smallest absolute Gasteiger partial charge is 0.258 e. The Hall–Kier alpha value is -3.50. The van der Waals surface area contributed by atoms with E-state index in [1.807, 2.05) is 0 Å². The second-order valence-corrected chi connectivity index (χ2v) is 6.94. The third-order valence-corrected chi connectivity index (χ3v) is 4.46. The molecule has 2 aromatic heterocycles. The Morgan fingerprint density at radius 1 is 0.700 bits per heavy atom. The molecule has 0 saturated carbocycles. The van der Waals surface area contributed by atoms with Gasteiger partial charge in [0.1, 0.15) is 10.0 Å². The summed E-state index contributed by atoms with van der Waals surface area (Å²) < 4.78 is 0. The number of aromatic nitrogens is 4. The van der Waals surface area contributed by atoms with Gasteiger partial charge in [0.05, 0.1) is 43.3 Å². The van der Waals surface area contributed by atoms with Gasteiger partial charge in [-0.25, -0.2) is 9.97 Å². The molecule has 0 saturated heterocycles. The zero-order chi connectivity index (χ0) is 22.0. The van der Waals surface area contributed by atoms with Crippen LogP contribution in [0.1, 0.15) is 11.4 Å². The van der Waals surface area contributed by atoms with Crippen molar-refractivity contribution in [1.82, 2.24) is 19.9 Å². The van der Waals surface area contributed by atoms with E-state index in [1.165, 1.54) is 24.3 Å². The van der Waals surface area contributed by atoms with Gasteiger partial charge in [0.15, 0.2) is 0 Å². The van der Waals surface area contributed by atoms with Crippen molar-refractivity contribution in [3.63, 3.8) is 0 Å². The predicted octanol–water partition coefficient (Wildman–Crippen LogP) is 5.00. The van der Waals surface area contributed by atoms with Crippen LogP contribution in [0.15, 0.2) is 36.7 Å². The molecular formula is C18H12Cl2N6O4. The fourth-order valence-corrected chi connectivity index (χ4v) is 2.96. The second kappa shape index (κ2) is 8.47. The molecule has 0 aliphatic heterocycles. The predicted molar refractivity (Wildman–Crippen MR) is 112 cm³/mol. The summed E-state index contributed by atoms with van der Waals surface area (Å²) in [5.41, 5.74) is 3.21. The standard InChI is InChI=1S/2C9H6ClN3O2/c1-5-4-11-7-3-9(13(14)15)6(10)2-8(7)12-5;1-5-4-11-7-2-6(10)9(13(14)15)3-8(7)12-5/h2*2-4H,1H3. The van der Waals surface area contributed by atoms with Crippen LogP contribution >= 0.6 is 23.2 Å². The topological polar surface area (TPSA) is 138 Å². The second-order valence-electron chi connectivity index (χ2n) is 6.12. The number of halogens is 2. The maximum Gasteiger partial charge on any atom is 0.290 e. The highest BCUT2D eigenvalue weighted by Crippen LogP contribution is 2.28. The van der Waals surface area contributed by atoms with Gasteiger partial charge >= 0.3 is 0 Å². The molecule has 0 bridgehead atoms. The zero-order valence-corrected chi connectivity index (χ0v) is 17.0. The molecule has 0 aliphatic rings. The highest BCUT2D eigenvalue weighted by Gasteiger charge is 2.15. The minimum atomic E-state index is -0.538. The summed E-state index contributed by atoms with van der Waals surface area (Å²) in [6, 6.07) is 5.55. The van der Waals surface area contributed by atoms with E-state index in [4.69, 9.17) is 23.2 Å². The molecule has 0 aliphatic carbocycles. The first-order valence-electron chi connectivity index (χ1n) is 8.30. The monoisotopic (exact) mass is 446 g/mol. The molecule has 2 heterocycles. The number of nitro groups is 2. The van der Waals surface area contributed by atoms with Crippen LogP contribution in [-0.4, -0.2) is 29.8 Å². The number of aryl methyl sites for hydroxylation is 2. The number of benzene rings is 2. The molecule has 152 valence electrons. The third-order valence-electron chi connectivity index (χ3n) is 3.86. The van der Waals surface area contributed by atoms with Gasteiger partial charge in [-0.2, -0.15) is 0 Å². The van der Waals surface area contributed by atoms with Crippen LogP contribution in [0.25, 0.3) is 22.1 Å². The minimum Gasteiger partial charge on any atom is -0.258 e. The van der Waals surface area contributed by atoms with E-state index in [0.717, 1.165) is 5.69 Å². The molecule has 2 aromatic carbocycles. The van der Waals surface area contributed by atoms with Crippen molar-refractivity contribution in [1.29, 1.82) is 0 Å². The molecule has 0 spiro atoms. The first-order chi connectivity index (χ1) is 14.2. The average molecular weight is 447 g/mol. The summed E-state index contributed by atoms with van der Waals surface area (Å²) in [7, 11) is 0. The highest BCUT2D eigenvalue weighted by molar-refractivity contribution is 6.33. The average Bonchev–Trinajstić information content (AvgIpc) is 2.67. The van der Waals surface area contributed by atoms with Gasteiger partial charge in [0.2, 0.25) is 0 Å². The summed E-state index contributed by atoms with van der Waals surface area (Å²) in [4.78, 5) is 36.6. The van der Waals surface area contributed by atoms with E-state index in [-0.39, 0.29) is 21.4 Å². The lowest BCUT2D eigenvalue weighted by atomic mass is 10.2. The normalized spacial score (nSPS) is 10.5. The molecule has 4 rings (SSSR count). The molecule has 10 nitrogen and oxygen atoms in total. The Labute approximate surface area is 178 Å². The third kappa shape index (κ3) is 4.56. The van der Waals surface area contributed by atoms with Gasteiger partial charge < -0.3 is 0 Å². The van der Waals surface area contributed by atoms with Gasteiger partial charge in [0, 0.05) is 24.5 Å². The molecule has 0 radical (unpaired) electrons. The molecule has 0 atom stereocenters. The summed E-state index contributed by atoms with van der Waals surface area (Å²) in [6.45, 7) is 3.56. The van der Waals surface area contributed by atoms with E-state index in [0.29, 0.717) is 27.8 Å². The highest BCUT2D eigenvalue weighted by atomic mass is 35.5. The zero-order valence-electron chi connectivity index (χ0n) is 15.5. The molecule has 0 unspecified atom stereocenters. The molecule has 12 heteroatoms. The molecule has 30 heavy (non-hydrogen) atoms. The van der Waals surface area contributed by atoms with Gasteiger partial charge in [-0.3, -0.25) is 30.2 Å². The molecule has 0 fully saturated rings. The number of fused-ring (bicyclic) bond motifs is 2. The fourth-order valence-electron chi connectivity index (χ4n) is 2.51. The van der Waals surface area contributed by atoms with Crippen LogP contribution in [0.3, 0.4) is 0 Å². The van der Waals surface area contributed by atoms with Crippen molar-refractivity contribution in [3.8, 4) is 0 Å². The van der Waals surface area contributed by atoms with Crippen LogP contribution in [0.4, 0.5) is 11.4 Å². The van der Waals surface area contributed by atoms with E-state index < -0.39 is 9.85 Å². The lowest BCUT2D eigenvalue weighted by Crippen LogP contribution is -1.92. The van der Waals surface area contributed by atoms with Crippen molar-refractivity contribution < 1.29 is 9.85 Å². The van der Waals surface area contributed by atoms with Crippen LogP contribution in [0, 0.1) is 34.1 Å². The first-order valence-corrected chi connectivity index (χ1v) is 9.06. The van der Waals surface area contributed by atoms with Crippen molar-refractivity contribution in [2.75, 3.05) is 0 Å². The van der Waals surface area contributed by atoms with Crippen LogP contribution in [0.2, 0.25) is 10.0 Å². The van der Waals surface area contributed by atoms with Crippen LogP contribution in [0.5, 0.6) is 0 Å². The van der Waals surface area contributed by atoms with Crippen molar-refractivity contribution >= 4 is 56.6 Å². The summed E-state index contributed by atoms with van der Waals surface area (Å²) in [5, 5.41) is 21.4. The lowest BCUT2D eigenvalue weighted by molar-refractivity contribution is -0.384. The fraction of sp³-hybridized carbons (Fsp3) is 0.111. The van der Waals surface area contributed by atoms with Gasteiger partial charge in [0.25, 0.3) is 11.4 Å². The molecular weight excluding hydrogens is 435 g/mol. The first kappa shape index (κ1) is 21.2. The minimum absolute atomic E-state index is 0.0747. The lowest BCUT2D eigenvalue weighted by Gasteiger charge is -1.99. The summed E-state index contributed by atoms with van der Waals surface area (Å²) in [6.07, 6.45) is 3.14. The van der Waals surface area contributed by atoms with Gasteiger partial charge in [-0.05, 0) is 26.0 Å². The number of rotatable bonds is 2. The number of nitrogens with zero attached hydrogens (tertiary/aromatic N) is 6. The number of nitro benzene ring substituents is 2. The maximum atomic E-state index is 10.6. The summed E-state index contributed by atoms with van der Waals surface area (Å²) in [5.74, 6) is 0. The van der Waals surface area contributed by atoms with Crippen molar-refractivity contribution in [2.24, 2.45) is 0 Å². The SMILES string of the molecule is Cc1cnc2cc(Cl)c([N+](=O)[O-])cc2n1.Cc1cnc2cc([N+](=O)[O-])c(Cl)cc2n1. The van der Waals surface area contributed by atoms with Gasteiger partial charge in [-0.1, -0.05) is 23.2 Å². The Morgan fingerprint density at radius 3 is 1.53 bits per heavy atom. The summed E-state index contributed by atoms with van der Waals surface area (Å²) >= 11 is 11.5. The largest absolute Gasteiger partial charge is 0.290 e. The molecule has 0 amide bonds. The number of hydrogen-bond acceptors (Lipinski definition) is 8. The molecule has 4 aromatic rings. The van der Waals surface area contributed by atoms with E-state index in [9.17, 15) is 20.2 Å². The van der Waals surface area contributed by atoms with Gasteiger partial charge in [-0.15, -0.1) is 0 Å². The van der Waals surface area contributed by atoms with Crippen molar-refractivity contribution in [3.05, 3.63) is 78.3 Å². The Kier molecular flexibility index (Phi) is 5.99. The van der Waals surface area contributed by atoms with Crippen LogP contribution < -0.4 is 0 Å². The van der Waals surface area contributed by atoms with E-state index in [1.54, 1.807) is 26.2 Å². The number of hydrogen-bond donors (Lipinski definition) is 0. The van der Waals surface area contributed by atoms with Crippen molar-refractivity contribution in [2.45, 2.75) is 13.8 Å². The Bertz CT molecular complexity index is 1320. The van der Waals surface area contributed by atoms with E-state index >= 15 is 0 Å².